The van der Waals surface area contributed by atoms with Crippen LogP contribution in [0.25, 0.3) is 0 Å². The lowest BCUT2D eigenvalue weighted by Crippen LogP contribution is -2.56. The van der Waals surface area contributed by atoms with Gasteiger partial charge in [-0.05, 0) is 18.2 Å². The summed E-state index contributed by atoms with van der Waals surface area (Å²) in [5.41, 5.74) is 2.91. The molecule has 3 rings (SSSR count). The standard InChI is InChI=1S/C13H16ClN3O6/c14-5-1-2-7-6(3-5)11(16-15)17(13(21)23-7)12-10(20)9(19)8(4-18)22-12/h1-3,8-12,16,18-20H,4,15H2/t8-,9-,10-,11?,12-/m1/s1. The molecule has 10 heteroatoms. The van der Waals surface area contributed by atoms with Crippen molar-refractivity contribution in [1.29, 1.82) is 0 Å². The Hall–Kier alpha value is -1.46. The van der Waals surface area contributed by atoms with Crippen LogP contribution < -0.4 is 16.0 Å². The maximum atomic E-state index is 12.3. The summed E-state index contributed by atoms with van der Waals surface area (Å²) in [5, 5.41) is 29.5. The predicted octanol–water partition coefficient (Wildman–Crippen LogP) is -0.945. The number of hydrazine groups is 1. The Bertz CT molecular complexity index is 617. The third kappa shape index (κ3) is 2.66. The Kier molecular flexibility index (Phi) is 4.43. The van der Waals surface area contributed by atoms with Gasteiger partial charge in [-0.3, -0.25) is 10.7 Å². The summed E-state index contributed by atoms with van der Waals surface area (Å²) in [6.07, 6.45) is -6.77. The Morgan fingerprint density at radius 1 is 1.35 bits per heavy atom. The second-order valence-electron chi connectivity index (χ2n) is 5.26. The summed E-state index contributed by atoms with van der Waals surface area (Å²) in [6.45, 7) is -0.513. The largest absolute Gasteiger partial charge is 0.419 e. The molecule has 1 amide bonds. The molecule has 0 spiro atoms. The van der Waals surface area contributed by atoms with E-state index in [4.69, 9.17) is 32.0 Å². The minimum absolute atomic E-state index is 0.269. The number of nitrogens with one attached hydrogen (secondary N) is 1. The van der Waals surface area contributed by atoms with E-state index in [9.17, 15) is 15.0 Å². The molecule has 9 nitrogen and oxygen atoms in total. The van der Waals surface area contributed by atoms with Crippen LogP contribution in [-0.2, 0) is 4.74 Å². The first-order valence-electron chi connectivity index (χ1n) is 6.86. The molecule has 6 N–H and O–H groups in total. The summed E-state index contributed by atoms with van der Waals surface area (Å²) in [6, 6.07) is 4.64. The first kappa shape index (κ1) is 16.4. The fourth-order valence-corrected chi connectivity index (χ4v) is 2.94. The molecule has 5 atom stereocenters. The van der Waals surface area contributed by atoms with Crippen molar-refractivity contribution >= 4 is 17.7 Å². The first-order chi connectivity index (χ1) is 11.0. The van der Waals surface area contributed by atoms with Crippen LogP contribution in [0.1, 0.15) is 11.7 Å². The quantitative estimate of drug-likeness (QED) is 0.349. The van der Waals surface area contributed by atoms with Gasteiger partial charge in [0, 0.05) is 10.6 Å². The summed E-state index contributed by atoms with van der Waals surface area (Å²) < 4.78 is 10.6. The minimum Gasteiger partial charge on any atom is -0.410 e. The summed E-state index contributed by atoms with van der Waals surface area (Å²) >= 11 is 5.96. The lowest BCUT2D eigenvalue weighted by molar-refractivity contribution is -0.107. The molecule has 0 aromatic heterocycles. The summed E-state index contributed by atoms with van der Waals surface area (Å²) in [4.78, 5) is 13.3. The van der Waals surface area contributed by atoms with Crippen molar-refractivity contribution in [2.45, 2.75) is 30.7 Å². The first-order valence-corrected chi connectivity index (χ1v) is 7.24. The lowest BCUT2D eigenvalue weighted by Gasteiger charge is -2.39. The van der Waals surface area contributed by atoms with Gasteiger partial charge in [-0.25, -0.2) is 10.2 Å². The highest BCUT2D eigenvalue weighted by atomic mass is 35.5. The molecule has 1 unspecified atom stereocenters. The maximum Gasteiger partial charge on any atom is 0.419 e. The van der Waals surface area contributed by atoms with Gasteiger partial charge in [-0.1, -0.05) is 11.6 Å². The van der Waals surface area contributed by atoms with Gasteiger partial charge in [-0.15, -0.1) is 0 Å². The molecule has 2 heterocycles. The van der Waals surface area contributed by atoms with Gasteiger partial charge < -0.3 is 24.8 Å². The van der Waals surface area contributed by atoms with Gasteiger partial charge in [0.2, 0.25) is 0 Å². The van der Waals surface area contributed by atoms with Crippen molar-refractivity contribution in [1.82, 2.24) is 10.3 Å². The zero-order valence-corrected chi connectivity index (χ0v) is 12.6. The summed E-state index contributed by atoms with van der Waals surface area (Å²) in [7, 11) is 0. The average molecular weight is 346 g/mol. The number of aliphatic hydroxyl groups excluding tert-OH is 3. The van der Waals surface area contributed by atoms with E-state index in [1.54, 1.807) is 12.1 Å². The maximum absolute atomic E-state index is 12.3. The highest BCUT2D eigenvalue weighted by Crippen LogP contribution is 2.38. The molecule has 1 aromatic rings. The van der Waals surface area contributed by atoms with Crippen LogP contribution in [0.4, 0.5) is 4.79 Å². The van der Waals surface area contributed by atoms with Crippen molar-refractivity contribution in [3.05, 3.63) is 28.8 Å². The van der Waals surface area contributed by atoms with Gasteiger partial charge >= 0.3 is 6.09 Å². The molecular weight excluding hydrogens is 330 g/mol. The number of nitrogens with two attached hydrogens (primary N) is 1. The number of hydrogen-bond donors (Lipinski definition) is 5. The number of rotatable bonds is 3. The van der Waals surface area contributed by atoms with Gasteiger partial charge in [0.15, 0.2) is 6.23 Å². The second-order valence-corrected chi connectivity index (χ2v) is 5.69. The van der Waals surface area contributed by atoms with Crippen molar-refractivity contribution in [3.63, 3.8) is 0 Å². The number of fused-ring (bicyclic) bond motifs is 1. The van der Waals surface area contributed by atoms with Crippen LogP contribution >= 0.6 is 11.6 Å². The van der Waals surface area contributed by atoms with Gasteiger partial charge in [0.25, 0.3) is 0 Å². The third-order valence-electron chi connectivity index (χ3n) is 3.90. The Morgan fingerprint density at radius 3 is 2.70 bits per heavy atom. The smallest absolute Gasteiger partial charge is 0.410 e. The average Bonchev–Trinajstić information content (AvgIpc) is 2.82. The fourth-order valence-electron chi connectivity index (χ4n) is 2.76. The fraction of sp³-hybridized carbons (Fsp3) is 0.462. The van der Waals surface area contributed by atoms with Crippen LogP contribution in [0.2, 0.25) is 5.02 Å². The molecule has 0 saturated carbocycles. The summed E-state index contributed by atoms with van der Waals surface area (Å²) in [5.74, 6) is 5.81. The number of halogens is 1. The number of carbonyl (C=O) groups is 1. The van der Waals surface area contributed by atoms with Crippen LogP contribution in [0.3, 0.4) is 0 Å². The zero-order valence-electron chi connectivity index (χ0n) is 11.8. The Morgan fingerprint density at radius 2 is 2.09 bits per heavy atom. The molecule has 2 aliphatic rings. The van der Waals surface area contributed by atoms with E-state index >= 15 is 0 Å². The van der Waals surface area contributed by atoms with E-state index in [0.717, 1.165) is 4.90 Å². The highest BCUT2D eigenvalue weighted by Gasteiger charge is 2.50. The van der Waals surface area contributed by atoms with E-state index in [-0.39, 0.29) is 5.75 Å². The van der Waals surface area contributed by atoms with Crippen LogP contribution in [0.15, 0.2) is 18.2 Å². The van der Waals surface area contributed by atoms with Gasteiger partial charge in [0.05, 0.1) is 6.61 Å². The highest BCUT2D eigenvalue weighted by molar-refractivity contribution is 6.30. The van der Waals surface area contributed by atoms with E-state index in [0.29, 0.717) is 10.6 Å². The molecule has 0 aliphatic carbocycles. The van der Waals surface area contributed by atoms with E-state index in [2.05, 4.69) is 5.43 Å². The topological polar surface area (TPSA) is 138 Å². The van der Waals surface area contributed by atoms with Gasteiger partial charge in [-0.2, -0.15) is 0 Å². The minimum atomic E-state index is -1.43. The zero-order chi connectivity index (χ0) is 16.7. The number of carbonyl (C=O) groups excluding carboxylic acids is 1. The van der Waals surface area contributed by atoms with Crippen molar-refractivity contribution in [2.75, 3.05) is 6.61 Å². The van der Waals surface area contributed by atoms with Crippen LogP contribution in [-0.4, -0.2) is 57.5 Å². The number of ether oxygens (including phenoxy) is 2. The monoisotopic (exact) mass is 345 g/mol. The third-order valence-corrected chi connectivity index (χ3v) is 4.14. The van der Waals surface area contributed by atoms with Crippen LogP contribution in [0.5, 0.6) is 5.75 Å². The van der Waals surface area contributed by atoms with E-state index in [1.807, 2.05) is 0 Å². The SMILES string of the molecule is NNC1c2cc(Cl)ccc2OC(=O)N1[C@@H]1O[C@H](CO)[C@@H](O)[C@H]1O. The molecule has 1 fully saturated rings. The van der Waals surface area contributed by atoms with Crippen molar-refractivity contribution < 1.29 is 29.6 Å². The number of nitrogens with zero attached hydrogens (tertiary/aromatic N) is 1. The van der Waals surface area contributed by atoms with Crippen molar-refractivity contribution in [2.24, 2.45) is 5.84 Å². The van der Waals surface area contributed by atoms with E-state index < -0.39 is 43.4 Å². The van der Waals surface area contributed by atoms with Gasteiger partial charge in [0.1, 0.15) is 30.2 Å². The lowest BCUT2D eigenvalue weighted by atomic mass is 10.1. The number of aliphatic hydroxyl groups is 3. The molecule has 1 saturated heterocycles. The molecule has 23 heavy (non-hydrogen) atoms. The molecule has 0 bridgehead atoms. The predicted molar refractivity (Wildman–Crippen MR) is 77.1 cm³/mol. The Balaban J connectivity index is 1.97. The molecular formula is C13H16ClN3O6. The van der Waals surface area contributed by atoms with Crippen molar-refractivity contribution in [3.8, 4) is 5.75 Å². The second kappa shape index (κ2) is 6.21. The number of benzene rings is 1. The number of hydrogen-bond acceptors (Lipinski definition) is 8. The normalized spacial score (nSPS) is 33.5. The molecule has 2 aliphatic heterocycles. The number of amides is 1. The van der Waals surface area contributed by atoms with E-state index in [1.165, 1.54) is 6.07 Å². The molecule has 126 valence electrons. The molecule has 0 radical (unpaired) electrons. The Labute approximate surface area is 136 Å². The molecule has 1 aromatic carbocycles. The van der Waals surface area contributed by atoms with Crippen LogP contribution in [0, 0.1) is 0 Å².